The normalized spacial score (nSPS) is 15.7. The van der Waals surface area contributed by atoms with Gasteiger partial charge < -0.3 is 4.74 Å². The Morgan fingerprint density at radius 2 is 1.54 bits per heavy atom. The lowest BCUT2D eigenvalue weighted by Crippen LogP contribution is -2.31. The first-order valence-corrected chi connectivity index (χ1v) is 10.0. The van der Waals surface area contributed by atoms with Crippen LogP contribution >= 0.6 is 0 Å². The summed E-state index contributed by atoms with van der Waals surface area (Å²) in [6.07, 6.45) is 3.46. The summed E-state index contributed by atoms with van der Waals surface area (Å²) in [4.78, 5) is 2.54. The second-order valence-corrected chi connectivity index (χ2v) is 7.36. The summed E-state index contributed by atoms with van der Waals surface area (Å²) in [5.74, 6) is 0.920. The minimum atomic E-state index is 0.452. The maximum absolute atomic E-state index is 5.90. The molecule has 1 atom stereocenters. The Balaban J connectivity index is 1.35. The first-order valence-electron chi connectivity index (χ1n) is 10.0. The van der Waals surface area contributed by atoms with Gasteiger partial charge in [-0.3, -0.25) is 4.90 Å². The van der Waals surface area contributed by atoms with Crippen molar-refractivity contribution in [1.82, 2.24) is 4.90 Å². The standard InChI is InChI=1S/C26H27NO/c1-21(23-10-6-3-7-11-23)27-18-16-25(17-19-27)24-12-14-26(15-13-24)28-20-22-8-4-2-5-9-22/h2-16,21H,17-20H2,1H3. The Morgan fingerprint density at radius 1 is 0.857 bits per heavy atom. The topological polar surface area (TPSA) is 12.5 Å². The van der Waals surface area contributed by atoms with Crippen molar-refractivity contribution in [1.29, 1.82) is 0 Å². The fourth-order valence-electron chi connectivity index (χ4n) is 3.75. The molecule has 0 saturated heterocycles. The number of hydrogen-bond acceptors (Lipinski definition) is 2. The molecule has 0 amide bonds. The average molecular weight is 370 g/mol. The summed E-state index contributed by atoms with van der Waals surface area (Å²) in [5.41, 5.74) is 5.32. The van der Waals surface area contributed by atoms with Crippen molar-refractivity contribution in [2.75, 3.05) is 13.1 Å². The Hall–Kier alpha value is -2.84. The van der Waals surface area contributed by atoms with Crippen molar-refractivity contribution in [3.63, 3.8) is 0 Å². The molecule has 28 heavy (non-hydrogen) atoms. The SMILES string of the molecule is CC(c1ccccc1)N1CC=C(c2ccc(OCc3ccccc3)cc2)CC1. The predicted octanol–water partition coefficient (Wildman–Crippen LogP) is 6.12. The van der Waals surface area contributed by atoms with Crippen LogP contribution in [0.2, 0.25) is 0 Å². The quantitative estimate of drug-likeness (QED) is 0.519. The molecule has 1 unspecified atom stereocenters. The lowest BCUT2D eigenvalue weighted by atomic mass is 9.97. The van der Waals surface area contributed by atoms with E-state index in [2.05, 4.69) is 84.6 Å². The Kier molecular flexibility index (Phi) is 5.89. The molecule has 3 aromatic carbocycles. The van der Waals surface area contributed by atoms with Crippen molar-refractivity contribution in [3.8, 4) is 5.75 Å². The van der Waals surface area contributed by atoms with Gasteiger partial charge in [0.2, 0.25) is 0 Å². The Labute approximate surface area is 168 Å². The van der Waals surface area contributed by atoms with Crippen molar-refractivity contribution in [2.24, 2.45) is 0 Å². The van der Waals surface area contributed by atoms with Crippen LogP contribution in [0, 0.1) is 0 Å². The van der Waals surface area contributed by atoms with Crippen LogP contribution in [-0.4, -0.2) is 18.0 Å². The lowest BCUT2D eigenvalue weighted by molar-refractivity contribution is 0.233. The number of hydrogen-bond donors (Lipinski definition) is 0. The van der Waals surface area contributed by atoms with Gasteiger partial charge in [-0.2, -0.15) is 0 Å². The molecule has 4 rings (SSSR count). The third-order valence-corrected chi connectivity index (χ3v) is 5.54. The highest BCUT2D eigenvalue weighted by Gasteiger charge is 2.19. The van der Waals surface area contributed by atoms with Crippen LogP contribution in [-0.2, 0) is 6.61 Å². The summed E-state index contributed by atoms with van der Waals surface area (Å²) in [7, 11) is 0. The van der Waals surface area contributed by atoms with Crippen LogP contribution in [0.15, 0.2) is 91.0 Å². The molecule has 0 saturated carbocycles. The van der Waals surface area contributed by atoms with E-state index in [0.29, 0.717) is 12.6 Å². The van der Waals surface area contributed by atoms with Crippen LogP contribution in [0.4, 0.5) is 0 Å². The summed E-state index contributed by atoms with van der Waals surface area (Å²) in [6, 6.07) is 30.0. The fraction of sp³-hybridized carbons (Fsp3) is 0.231. The molecule has 0 N–H and O–H groups in total. The van der Waals surface area contributed by atoms with Crippen LogP contribution in [0.5, 0.6) is 5.75 Å². The van der Waals surface area contributed by atoms with E-state index in [1.165, 1.54) is 22.3 Å². The first-order chi connectivity index (χ1) is 13.8. The lowest BCUT2D eigenvalue weighted by Gasteiger charge is -2.32. The number of rotatable bonds is 6. The van der Waals surface area contributed by atoms with E-state index in [0.717, 1.165) is 25.3 Å². The van der Waals surface area contributed by atoms with E-state index in [1.54, 1.807) is 0 Å². The summed E-state index contributed by atoms with van der Waals surface area (Å²) < 4.78 is 5.90. The molecule has 0 aromatic heterocycles. The maximum Gasteiger partial charge on any atom is 0.119 e. The van der Waals surface area contributed by atoms with Gasteiger partial charge >= 0.3 is 0 Å². The molecule has 0 aliphatic carbocycles. The van der Waals surface area contributed by atoms with Crippen LogP contribution in [0.1, 0.15) is 36.1 Å². The zero-order valence-electron chi connectivity index (χ0n) is 16.4. The summed E-state index contributed by atoms with van der Waals surface area (Å²) >= 11 is 0. The van der Waals surface area contributed by atoms with Crippen molar-refractivity contribution in [3.05, 3.63) is 108 Å². The molecule has 1 aliphatic heterocycles. The zero-order valence-corrected chi connectivity index (χ0v) is 16.4. The van der Waals surface area contributed by atoms with E-state index in [1.807, 2.05) is 18.2 Å². The van der Waals surface area contributed by atoms with Crippen LogP contribution in [0.3, 0.4) is 0 Å². The number of benzene rings is 3. The number of nitrogens with zero attached hydrogens (tertiary/aromatic N) is 1. The average Bonchev–Trinajstić information content (AvgIpc) is 2.79. The van der Waals surface area contributed by atoms with Gasteiger partial charge in [-0.05, 0) is 47.7 Å². The summed E-state index contributed by atoms with van der Waals surface area (Å²) in [6.45, 7) is 4.99. The van der Waals surface area contributed by atoms with Crippen molar-refractivity contribution >= 4 is 5.57 Å². The van der Waals surface area contributed by atoms with E-state index in [-0.39, 0.29) is 0 Å². The minimum absolute atomic E-state index is 0.452. The van der Waals surface area contributed by atoms with Gasteiger partial charge in [0.25, 0.3) is 0 Å². The molecule has 3 aromatic rings. The van der Waals surface area contributed by atoms with Gasteiger partial charge in [0.05, 0.1) is 0 Å². The number of ether oxygens (including phenoxy) is 1. The van der Waals surface area contributed by atoms with Gasteiger partial charge in [0.1, 0.15) is 12.4 Å². The van der Waals surface area contributed by atoms with E-state index < -0.39 is 0 Å². The molecule has 2 nitrogen and oxygen atoms in total. The third-order valence-electron chi connectivity index (χ3n) is 5.54. The van der Waals surface area contributed by atoms with Gasteiger partial charge in [-0.15, -0.1) is 0 Å². The van der Waals surface area contributed by atoms with E-state index in [4.69, 9.17) is 4.74 Å². The van der Waals surface area contributed by atoms with Crippen LogP contribution < -0.4 is 4.74 Å². The first kappa shape index (κ1) is 18.5. The Morgan fingerprint density at radius 3 is 2.18 bits per heavy atom. The molecular formula is C26H27NO. The second-order valence-electron chi connectivity index (χ2n) is 7.36. The predicted molar refractivity (Wildman–Crippen MR) is 116 cm³/mol. The second kappa shape index (κ2) is 8.90. The Bertz CT molecular complexity index is 900. The van der Waals surface area contributed by atoms with E-state index in [9.17, 15) is 0 Å². The molecule has 0 radical (unpaired) electrons. The monoisotopic (exact) mass is 369 g/mol. The third kappa shape index (κ3) is 4.52. The molecule has 1 aliphatic rings. The molecular weight excluding hydrogens is 342 g/mol. The molecule has 2 heteroatoms. The van der Waals surface area contributed by atoms with Gasteiger partial charge in [-0.25, -0.2) is 0 Å². The van der Waals surface area contributed by atoms with Crippen molar-refractivity contribution in [2.45, 2.75) is 26.0 Å². The molecule has 0 spiro atoms. The van der Waals surface area contributed by atoms with Gasteiger partial charge in [0.15, 0.2) is 0 Å². The molecule has 0 fully saturated rings. The highest BCUT2D eigenvalue weighted by Crippen LogP contribution is 2.29. The zero-order chi connectivity index (χ0) is 19.2. The molecule has 0 bridgehead atoms. The highest BCUT2D eigenvalue weighted by atomic mass is 16.5. The van der Waals surface area contributed by atoms with Crippen molar-refractivity contribution < 1.29 is 4.74 Å². The van der Waals surface area contributed by atoms with Gasteiger partial charge in [0, 0.05) is 19.1 Å². The summed E-state index contributed by atoms with van der Waals surface area (Å²) in [5, 5.41) is 0. The van der Waals surface area contributed by atoms with E-state index >= 15 is 0 Å². The highest BCUT2D eigenvalue weighted by molar-refractivity contribution is 5.67. The molecule has 1 heterocycles. The minimum Gasteiger partial charge on any atom is -0.489 e. The van der Waals surface area contributed by atoms with Gasteiger partial charge in [-0.1, -0.05) is 78.9 Å². The largest absolute Gasteiger partial charge is 0.489 e. The molecule has 142 valence electrons. The maximum atomic E-state index is 5.90. The fourth-order valence-corrected chi connectivity index (χ4v) is 3.75. The van der Waals surface area contributed by atoms with Crippen LogP contribution in [0.25, 0.3) is 5.57 Å². The smallest absolute Gasteiger partial charge is 0.119 e.